The molecule has 1 fully saturated rings. The molecule has 2 heterocycles. The third-order valence-corrected chi connectivity index (χ3v) is 5.63. The van der Waals surface area contributed by atoms with Crippen molar-refractivity contribution in [3.63, 3.8) is 0 Å². The van der Waals surface area contributed by atoms with Crippen molar-refractivity contribution >= 4 is 21.8 Å². The van der Waals surface area contributed by atoms with Crippen LogP contribution in [0.3, 0.4) is 0 Å². The minimum absolute atomic E-state index is 0.0937. The molecule has 1 amide bonds. The zero-order valence-corrected chi connectivity index (χ0v) is 13.8. The van der Waals surface area contributed by atoms with Crippen LogP contribution in [-0.4, -0.2) is 56.9 Å². The van der Waals surface area contributed by atoms with Crippen molar-refractivity contribution in [1.29, 1.82) is 0 Å². The minimum atomic E-state index is -4.27. The number of nitrogens with zero attached hydrogens (tertiary/aromatic N) is 2. The van der Waals surface area contributed by atoms with E-state index in [0.29, 0.717) is 9.87 Å². The van der Waals surface area contributed by atoms with Crippen molar-refractivity contribution in [3.8, 4) is 5.75 Å². The molecule has 0 atom stereocenters. The lowest BCUT2D eigenvalue weighted by Crippen LogP contribution is -2.31. The quantitative estimate of drug-likeness (QED) is 0.793. The van der Waals surface area contributed by atoms with Gasteiger partial charge in [0.25, 0.3) is 12.3 Å². The standard InChI is InChI=1S/C14H16F3N3O4S/c15-11(16)6-19-3-1-8-5-10(21)14(13(17)9(8)2-4-19)20-7-12(22)18-25(20,23)24/h5,11,21H,1-4,6-7H2,(H,18,22). The Labute approximate surface area is 142 Å². The molecule has 25 heavy (non-hydrogen) atoms. The SMILES string of the molecule is O=C1CN(c2c(O)cc3c(c2F)CCN(CC(F)F)CC3)S(=O)(=O)N1. The summed E-state index contributed by atoms with van der Waals surface area (Å²) in [7, 11) is -4.27. The van der Waals surface area contributed by atoms with E-state index in [2.05, 4.69) is 0 Å². The van der Waals surface area contributed by atoms with E-state index in [4.69, 9.17) is 0 Å². The van der Waals surface area contributed by atoms with Gasteiger partial charge in [0.15, 0.2) is 5.82 Å². The van der Waals surface area contributed by atoms with Gasteiger partial charge in [-0.25, -0.2) is 22.2 Å². The van der Waals surface area contributed by atoms with Crippen LogP contribution >= 0.6 is 0 Å². The van der Waals surface area contributed by atoms with E-state index in [1.807, 2.05) is 0 Å². The number of phenolic OH excluding ortho intramolecular Hbond substituents is 1. The van der Waals surface area contributed by atoms with Crippen molar-refractivity contribution in [2.45, 2.75) is 19.3 Å². The summed E-state index contributed by atoms with van der Waals surface area (Å²) in [6.45, 7) is -0.615. The average molecular weight is 379 g/mol. The third-order valence-electron chi connectivity index (χ3n) is 4.26. The van der Waals surface area contributed by atoms with E-state index < -0.39 is 52.9 Å². The van der Waals surface area contributed by atoms with Crippen LogP contribution in [0, 0.1) is 5.82 Å². The molecule has 2 N–H and O–H groups in total. The van der Waals surface area contributed by atoms with Gasteiger partial charge in [-0.3, -0.25) is 9.69 Å². The van der Waals surface area contributed by atoms with Crippen LogP contribution in [-0.2, 0) is 27.8 Å². The molecule has 2 aliphatic heterocycles. The van der Waals surface area contributed by atoms with Crippen LogP contribution in [0.15, 0.2) is 6.07 Å². The monoisotopic (exact) mass is 379 g/mol. The Bertz CT molecular complexity index is 816. The fourth-order valence-electron chi connectivity index (χ4n) is 3.13. The van der Waals surface area contributed by atoms with Crippen molar-refractivity contribution in [2.75, 3.05) is 30.5 Å². The molecule has 3 rings (SSSR count). The Morgan fingerprint density at radius 1 is 1.28 bits per heavy atom. The predicted molar refractivity (Wildman–Crippen MR) is 82.3 cm³/mol. The average Bonchev–Trinajstić information content (AvgIpc) is 2.65. The van der Waals surface area contributed by atoms with Gasteiger partial charge >= 0.3 is 10.2 Å². The molecular formula is C14H16F3N3O4S. The Morgan fingerprint density at radius 2 is 1.96 bits per heavy atom. The van der Waals surface area contributed by atoms with Gasteiger partial charge in [0.1, 0.15) is 18.0 Å². The number of amides is 1. The molecule has 0 spiro atoms. The highest BCUT2D eigenvalue weighted by Crippen LogP contribution is 2.38. The Morgan fingerprint density at radius 3 is 2.56 bits per heavy atom. The highest BCUT2D eigenvalue weighted by molar-refractivity contribution is 7.92. The molecule has 2 aliphatic rings. The van der Waals surface area contributed by atoms with Crippen molar-refractivity contribution < 1.29 is 31.5 Å². The molecule has 1 saturated heterocycles. The van der Waals surface area contributed by atoms with Crippen LogP contribution in [0.4, 0.5) is 18.9 Å². The van der Waals surface area contributed by atoms with Crippen LogP contribution < -0.4 is 9.03 Å². The largest absolute Gasteiger partial charge is 0.506 e. The lowest BCUT2D eigenvalue weighted by molar-refractivity contribution is -0.117. The Hall–Kier alpha value is -2.01. The highest BCUT2D eigenvalue weighted by Gasteiger charge is 2.38. The Balaban J connectivity index is 1.98. The maximum absolute atomic E-state index is 14.9. The van der Waals surface area contributed by atoms with E-state index in [1.54, 1.807) is 4.72 Å². The molecule has 138 valence electrons. The molecule has 0 radical (unpaired) electrons. The summed E-state index contributed by atoms with van der Waals surface area (Å²) in [6, 6.07) is 1.23. The second-order valence-corrected chi connectivity index (χ2v) is 7.52. The van der Waals surface area contributed by atoms with E-state index in [0.717, 1.165) is 0 Å². The molecular weight excluding hydrogens is 363 g/mol. The first kappa shape index (κ1) is 17.8. The first-order valence-corrected chi connectivity index (χ1v) is 9.00. The smallest absolute Gasteiger partial charge is 0.326 e. The van der Waals surface area contributed by atoms with Crippen molar-refractivity contribution in [3.05, 3.63) is 23.0 Å². The fourth-order valence-corrected chi connectivity index (χ4v) is 4.30. The number of hydrogen-bond donors (Lipinski definition) is 2. The lowest BCUT2D eigenvalue weighted by Gasteiger charge is -2.20. The molecule has 1 aromatic carbocycles. The number of aromatic hydroxyl groups is 1. The number of halogens is 3. The number of hydrogen-bond acceptors (Lipinski definition) is 5. The highest BCUT2D eigenvalue weighted by atomic mass is 32.2. The van der Waals surface area contributed by atoms with Gasteiger partial charge < -0.3 is 5.11 Å². The maximum atomic E-state index is 14.9. The summed E-state index contributed by atoms with van der Waals surface area (Å²) < 4.78 is 66.0. The van der Waals surface area contributed by atoms with Crippen LogP contribution in [0.2, 0.25) is 0 Å². The number of anilines is 1. The topological polar surface area (TPSA) is 90.0 Å². The van der Waals surface area contributed by atoms with Gasteiger partial charge in [-0.2, -0.15) is 8.42 Å². The van der Waals surface area contributed by atoms with Crippen LogP contribution in [0.5, 0.6) is 5.75 Å². The molecule has 0 unspecified atom stereocenters. The second-order valence-electron chi connectivity index (χ2n) is 5.92. The maximum Gasteiger partial charge on any atom is 0.326 e. The Kier molecular flexibility index (Phi) is 4.54. The minimum Gasteiger partial charge on any atom is -0.506 e. The lowest BCUT2D eigenvalue weighted by atomic mass is 10.0. The van der Waals surface area contributed by atoms with Gasteiger partial charge in [0.2, 0.25) is 0 Å². The van der Waals surface area contributed by atoms with E-state index in [-0.39, 0.29) is 31.5 Å². The van der Waals surface area contributed by atoms with Gasteiger partial charge in [-0.05, 0) is 30.0 Å². The van der Waals surface area contributed by atoms with Crippen LogP contribution in [0.1, 0.15) is 11.1 Å². The van der Waals surface area contributed by atoms with Crippen molar-refractivity contribution in [1.82, 2.24) is 9.62 Å². The normalized spacial score (nSPS) is 20.5. The summed E-state index contributed by atoms with van der Waals surface area (Å²) in [5, 5.41) is 10.1. The number of rotatable bonds is 3. The number of carbonyl (C=O) groups excluding carboxylic acids is 1. The number of carbonyl (C=O) groups is 1. The molecule has 11 heteroatoms. The zero-order chi connectivity index (χ0) is 18.4. The van der Waals surface area contributed by atoms with Crippen molar-refractivity contribution in [2.24, 2.45) is 0 Å². The molecule has 0 aliphatic carbocycles. The molecule has 0 bridgehead atoms. The van der Waals surface area contributed by atoms with E-state index >= 15 is 0 Å². The van der Waals surface area contributed by atoms with Crippen LogP contribution in [0.25, 0.3) is 0 Å². The van der Waals surface area contributed by atoms with E-state index in [9.17, 15) is 31.5 Å². The molecule has 0 saturated carbocycles. The van der Waals surface area contributed by atoms with Gasteiger partial charge in [0, 0.05) is 13.1 Å². The van der Waals surface area contributed by atoms with Gasteiger partial charge in [-0.15, -0.1) is 0 Å². The number of fused-ring (bicyclic) bond motifs is 1. The number of phenols is 1. The second kappa shape index (κ2) is 6.37. The predicted octanol–water partition coefficient (Wildman–Crippen LogP) is 0.378. The zero-order valence-electron chi connectivity index (χ0n) is 13.0. The summed E-state index contributed by atoms with van der Waals surface area (Å²) >= 11 is 0. The fraction of sp³-hybridized carbons (Fsp3) is 0.500. The van der Waals surface area contributed by atoms with E-state index in [1.165, 1.54) is 11.0 Å². The summed E-state index contributed by atoms with van der Waals surface area (Å²) in [5.74, 6) is -2.40. The van der Waals surface area contributed by atoms with Gasteiger partial charge in [0.05, 0.1) is 6.54 Å². The molecule has 1 aromatic rings. The number of alkyl halides is 2. The summed E-state index contributed by atoms with van der Waals surface area (Å²) in [5.41, 5.74) is 0.00456. The first-order valence-electron chi connectivity index (χ1n) is 7.56. The first-order chi connectivity index (χ1) is 11.7. The summed E-state index contributed by atoms with van der Waals surface area (Å²) in [6.07, 6.45) is -2.17. The molecule has 0 aromatic heterocycles. The number of nitrogens with one attached hydrogen (secondary N) is 1. The molecule has 7 nitrogen and oxygen atoms in total. The number of benzene rings is 1. The third kappa shape index (κ3) is 3.38. The summed E-state index contributed by atoms with van der Waals surface area (Å²) in [4.78, 5) is 12.8. The van der Waals surface area contributed by atoms with Gasteiger partial charge in [-0.1, -0.05) is 0 Å².